The summed E-state index contributed by atoms with van der Waals surface area (Å²) in [6, 6.07) is 7.91. The molecule has 0 radical (unpaired) electrons. The molecule has 1 heterocycles. The number of carbonyl (C=O) groups is 1. The second-order valence-corrected chi connectivity index (χ2v) is 4.27. The molecule has 1 aromatic rings. The summed E-state index contributed by atoms with van der Waals surface area (Å²) in [7, 11) is 0. The van der Waals surface area contributed by atoms with E-state index in [9.17, 15) is 4.79 Å². The first kappa shape index (κ1) is 10.0. The average molecular weight is 204 g/mol. The molecule has 15 heavy (non-hydrogen) atoms. The minimum Gasteiger partial charge on any atom is -0.356 e. The van der Waals surface area contributed by atoms with E-state index in [-0.39, 0.29) is 5.91 Å². The Hall–Kier alpha value is -1.51. The van der Waals surface area contributed by atoms with Crippen molar-refractivity contribution in [1.29, 1.82) is 0 Å². The summed E-state index contributed by atoms with van der Waals surface area (Å²) in [5.41, 5.74) is 1.54. The lowest BCUT2D eigenvalue weighted by molar-refractivity contribution is -0.120. The fourth-order valence-corrected chi connectivity index (χ4v) is 2.08. The molecule has 1 aromatic carbocycles. The largest absolute Gasteiger partial charge is 0.356 e. The van der Waals surface area contributed by atoms with E-state index >= 15 is 0 Å². The third-order valence-corrected chi connectivity index (χ3v) is 2.99. The highest BCUT2D eigenvalue weighted by Gasteiger charge is 2.38. The maximum atomic E-state index is 11.9. The molecule has 0 aliphatic carbocycles. The number of anilines is 2. The number of nitrogens with zero attached hydrogens (tertiary/aromatic N) is 1. The topological polar surface area (TPSA) is 32.3 Å². The summed E-state index contributed by atoms with van der Waals surface area (Å²) in [4.78, 5) is 14.0. The van der Waals surface area contributed by atoms with Gasteiger partial charge in [-0.1, -0.05) is 12.1 Å². The van der Waals surface area contributed by atoms with E-state index in [1.165, 1.54) is 0 Å². The Morgan fingerprint density at radius 3 is 2.67 bits per heavy atom. The number of benzene rings is 1. The van der Waals surface area contributed by atoms with Crippen LogP contribution in [0, 0.1) is 0 Å². The van der Waals surface area contributed by atoms with Crippen molar-refractivity contribution in [3.8, 4) is 0 Å². The van der Waals surface area contributed by atoms with Crippen LogP contribution in [0.5, 0.6) is 0 Å². The second-order valence-electron chi connectivity index (χ2n) is 4.27. The van der Waals surface area contributed by atoms with Crippen molar-refractivity contribution < 1.29 is 4.79 Å². The highest BCUT2D eigenvalue weighted by atomic mass is 16.2. The van der Waals surface area contributed by atoms with Gasteiger partial charge in [0.05, 0.1) is 11.4 Å². The van der Waals surface area contributed by atoms with Gasteiger partial charge in [0, 0.05) is 6.54 Å². The summed E-state index contributed by atoms with van der Waals surface area (Å²) in [5.74, 6) is 0.0584. The van der Waals surface area contributed by atoms with E-state index in [1.807, 2.05) is 38.1 Å². The molecule has 3 nitrogen and oxygen atoms in total. The molecule has 1 N–H and O–H groups in total. The van der Waals surface area contributed by atoms with Crippen molar-refractivity contribution >= 4 is 17.3 Å². The zero-order valence-corrected chi connectivity index (χ0v) is 9.37. The van der Waals surface area contributed by atoms with Crippen molar-refractivity contribution in [1.82, 2.24) is 0 Å². The molecule has 1 aliphatic rings. The third-order valence-electron chi connectivity index (χ3n) is 2.99. The van der Waals surface area contributed by atoms with Crippen LogP contribution in [0.15, 0.2) is 24.3 Å². The van der Waals surface area contributed by atoms with Crippen LogP contribution in [0.1, 0.15) is 20.8 Å². The van der Waals surface area contributed by atoms with Gasteiger partial charge in [-0.3, -0.25) is 4.79 Å². The summed E-state index contributed by atoms with van der Waals surface area (Å²) < 4.78 is 0. The highest BCUT2D eigenvalue weighted by molar-refractivity contribution is 6.06. The number of rotatable bonds is 1. The van der Waals surface area contributed by atoms with Gasteiger partial charge < -0.3 is 10.2 Å². The van der Waals surface area contributed by atoms with Crippen LogP contribution in [0.2, 0.25) is 0 Å². The molecular weight excluding hydrogens is 188 g/mol. The maximum Gasteiger partial charge on any atom is 0.249 e. The predicted octanol–water partition coefficient (Wildman–Crippen LogP) is 2.24. The fourth-order valence-electron chi connectivity index (χ4n) is 2.08. The molecule has 0 bridgehead atoms. The Morgan fingerprint density at radius 2 is 2.00 bits per heavy atom. The molecule has 1 amide bonds. The van der Waals surface area contributed by atoms with Crippen LogP contribution >= 0.6 is 0 Å². The molecule has 1 aliphatic heterocycles. The van der Waals surface area contributed by atoms with Gasteiger partial charge in [0.15, 0.2) is 0 Å². The van der Waals surface area contributed by atoms with Crippen LogP contribution in [0.4, 0.5) is 11.4 Å². The van der Waals surface area contributed by atoms with E-state index in [0.717, 1.165) is 17.9 Å². The van der Waals surface area contributed by atoms with Crippen molar-refractivity contribution in [2.75, 3.05) is 16.8 Å². The van der Waals surface area contributed by atoms with E-state index in [4.69, 9.17) is 0 Å². The van der Waals surface area contributed by atoms with Gasteiger partial charge in [-0.25, -0.2) is 0 Å². The van der Waals surface area contributed by atoms with Crippen molar-refractivity contribution in [2.45, 2.75) is 26.3 Å². The molecule has 0 saturated carbocycles. The highest BCUT2D eigenvalue weighted by Crippen LogP contribution is 2.35. The Morgan fingerprint density at radius 1 is 1.33 bits per heavy atom. The van der Waals surface area contributed by atoms with Crippen LogP contribution in [0.25, 0.3) is 0 Å². The first-order valence-corrected chi connectivity index (χ1v) is 5.25. The lowest BCUT2D eigenvalue weighted by Crippen LogP contribution is -2.55. The molecule has 0 fully saturated rings. The Labute approximate surface area is 90.1 Å². The van der Waals surface area contributed by atoms with Crippen LogP contribution in [-0.4, -0.2) is 18.0 Å². The minimum atomic E-state index is -0.469. The summed E-state index contributed by atoms with van der Waals surface area (Å²) >= 11 is 0. The number of hydrogen-bond donors (Lipinski definition) is 1. The van der Waals surface area contributed by atoms with Gasteiger partial charge in [0.25, 0.3) is 0 Å². The number of hydrogen-bond acceptors (Lipinski definition) is 2. The zero-order valence-electron chi connectivity index (χ0n) is 9.37. The first-order valence-electron chi connectivity index (χ1n) is 5.25. The van der Waals surface area contributed by atoms with Crippen LogP contribution in [0.3, 0.4) is 0 Å². The Bertz CT molecular complexity index is 398. The lowest BCUT2D eigenvalue weighted by atomic mass is 9.96. The van der Waals surface area contributed by atoms with Crippen molar-refractivity contribution in [3.63, 3.8) is 0 Å². The minimum absolute atomic E-state index is 0.0584. The molecule has 3 heteroatoms. The standard InChI is InChI=1S/C12H16N2O/c1-4-14-10-8-6-5-7-9(10)13-11(15)12(14,2)3/h5-8H,4H2,1-3H3,(H,13,15). The van der Waals surface area contributed by atoms with E-state index in [0.29, 0.717) is 0 Å². The summed E-state index contributed by atoms with van der Waals surface area (Å²) in [5, 5.41) is 2.93. The lowest BCUT2D eigenvalue weighted by Gasteiger charge is -2.43. The number of carbonyl (C=O) groups excluding carboxylic acids is 1. The van der Waals surface area contributed by atoms with Crippen molar-refractivity contribution in [2.24, 2.45) is 0 Å². The monoisotopic (exact) mass is 204 g/mol. The fraction of sp³-hybridized carbons (Fsp3) is 0.417. The summed E-state index contributed by atoms with van der Waals surface area (Å²) in [6.07, 6.45) is 0. The first-order chi connectivity index (χ1) is 7.07. The number of para-hydroxylation sites is 2. The number of fused-ring (bicyclic) bond motifs is 1. The van der Waals surface area contributed by atoms with E-state index in [1.54, 1.807) is 0 Å². The normalized spacial score (nSPS) is 18.3. The molecule has 0 atom stereocenters. The quantitative estimate of drug-likeness (QED) is 0.761. The maximum absolute atomic E-state index is 11.9. The molecule has 0 unspecified atom stereocenters. The molecular formula is C12H16N2O. The molecule has 0 spiro atoms. The van der Waals surface area contributed by atoms with Crippen molar-refractivity contribution in [3.05, 3.63) is 24.3 Å². The molecule has 0 aromatic heterocycles. The van der Waals surface area contributed by atoms with E-state index < -0.39 is 5.54 Å². The molecule has 80 valence electrons. The van der Waals surface area contributed by atoms with E-state index in [2.05, 4.69) is 17.1 Å². The van der Waals surface area contributed by atoms with Gasteiger partial charge in [-0.15, -0.1) is 0 Å². The number of likely N-dealkylation sites (N-methyl/N-ethyl adjacent to an activating group) is 1. The van der Waals surface area contributed by atoms with Gasteiger partial charge in [-0.05, 0) is 32.9 Å². The molecule has 2 rings (SSSR count). The summed E-state index contributed by atoms with van der Waals surface area (Å²) in [6.45, 7) is 6.79. The Kier molecular flexibility index (Phi) is 2.18. The second kappa shape index (κ2) is 3.26. The number of amides is 1. The predicted molar refractivity (Wildman–Crippen MR) is 62.2 cm³/mol. The average Bonchev–Trinajstić information content (AvgIpc) is 2.20. The van der Waals surface area contributed by atoms with Crippen LogP contribution < -0.4 is 10.2 Å². The van der Waals surface area contributed by atoms with Gasteiger partial charge in [-0.2, -0.15) is 0 Å². The van der Waals surface area contributed by atoms with Crippen LogP contribution in [-0.2, 0) is 4.79 Å². The van der Waals surface area contributed by atoms with Gasteiger partial charge in [0.2, 0.25) is 5.91 Å². The van der Waals surface area contributed by atoms with Gasteiger partial charge >= 0.3 is 0 Å². The SMILES string of the molecule is CCN1c2ccccc2NC(=O)C1(C)C. The number of nitrogens with one attached hydrogen (secondary N) is 1. The molecule has 0 saturated heterocycles. The zero-order chi connectivity index (χ0) is 11.1. The smallest absolute Gasteiger partial charge is 0.249 e. The third kappa shape index (κ3) is 1.39. The Balaban J connectivity index is 2.55. The van der Waals surface area contributed by atoms with Gasteiger partial charge in [0.1, 0.15) is 5.54 Å².